The summed E-state index contributed by atoms with van der Waals surface area (Å²) in [6.07, 6.45) is 4.93. The fourth-order valence-electron chi connectivity index (χ4n) is 3.37. The Kier molecular flexibility index (Phi) is 5.55. The molecule has 0 saturated heterocycles. The summed E-state index contributed by atoms with van der Waals surface area (Å²) in [5, 5.41) is 3.33. The van der Waals surface area contributed by atoms with E-state index in [0.717, 1.165) is 42.5 Å². The van der Waals surface area contributed by atoms with Crippen molar-refractivity contribution in [2.75, 3.05) is 12.4 Å². The molecule has 0 atom stereocenters. The van der Waals surface area contributed by atoms with E-state index in [1.807, 2.05) is 0 Å². The third-order valence-corrected chi connectivity index (χ3v) is 5.92. The largest absolute Gasteiger partial charge is 0.365 e. The van der Waals surface area contributed by atoms with Gasteiger partial charge in [-0.25, -0.2) is 4.84 Å². The Balaban J connectivity index is 1.89. The summed E-state index contributed by atoms with van der Waals surface area (Å²) in [6, 6.07) is 4.68. The Morgan fingerprint density at radius 1 is 1.22 bits per heavy atom. The van der Waals surface area contributed by atoms with E-state index in [1.165, 1.54) is 24.5 Å². The Labute approximate surface area is 161 Å². The molecule has 142 valence electrons. The number of primary amides is 1. The predicted molar refractivity (Wildman–Crippen MR) is 104 cm³/mol. The molecular formula is C19H22N3O4S+. The van der Waals surface area contributed by atoms with Crippen LogP contribution in [0.3, 0.4) is 0 Å². The van der Waals surface area contributed by atoms with Gasteiger partial charge in [-0.15, -0.1) is 11.3 Å². The van der Waals surface area contributed by atoms with E-state index in [4.69, 9.17) is 5.73 Å². The lowest BCUT2D eigenvalue weighted by molar-refractivity contribution is -0.737. The van der Waals surface area contributed by atoms with Crippen LogP contribution in [0.1, 0.15) is 56.0 Å². The first-order valence-corrected chi connectivity index (χ1v) is 9.61. The van der Waals surface area contributed by atoms with Crippen molar-refractivity contribution in [2.24, 2.45) is 5.73 Å². The van der Waals surface area contributed by atoms with Gasteiger partial charge in [-0.3, -0.25) is 9.59 Å². The van der Waals surface area contributed by atoms with Crippen molar-refractivity contribution in [1.29, 1.82) is 0 Å². The van der Waals surface area contributed by atoms with E-state index < -0.39 is 5.91 Å². The second-order valence-corrected chi connectivity index (χ2v) is 7.63. The summed E-state index contributed by atoms with van der Waals surface area (Å²) in [7, 11) is 1.28. The lowest BCUT2D eigenvalue weighted by Crippen LogP contribution is -2.18. The Hall–Kier alpha value is -2.74. The molecule has 0 fully saturated rings. The van der Waals surface area contributed by atoms with Crippen LogP contribution < -0.4 is 11.1 Å². The molecule has 1 aliphatic rings. The fourth-order valence-corrected chi connectivity index (χ4v) is 4.66. The van der Waals surface area contributed by atoms with Gasteiger partial charge < -0.3 is 11.1 Å². The monoisotopic (exact) mass is 388 g/mol. The van der Waals surface area contributed by atoms with Crippen LogP contribution in [0.2, 0.25) is 0 Å². The molecule has 0 unspecified atom stereocenters. The van der Waals surface area contributed by atoms with Crippen LogP contribution >= 0.6 is 11.3 Å². The van der Waals surface area contributed by atoms with E-state index in [1.54, 1.807) is 19.1 Å². The maximum absolute atomic E-state index is 12.7. The summed E-state index contributed by atoms with van der Waals surface area (Å²) in [6.45, 7) is 1.72. The highest BCUT2D eigenvalue weighted by Gasteiger charge is 2.25. The van der Waals surface area contributed by atoms with Crippen LogP contribution in [0.5, 0.6) is 0 Å². The second-order valence-electron chi connectivity index (χ2n) is 6.53. The van der Waals surface area contributed by atoms with E-state index in [-0.39, 0.29) is 5.91 Å². The molecular weight excluding hydrogens is 366 g/mol. The van der Waals surface area contributed by atoms with Crippen LogP contribution in [0.25, 0.3) is 0 Å². The molecule has 1 heterocycles. The summed E-state index contributed by atoms with van der Waals surface area (Å²) in [5.41, 5.74) is 8.34. The van der Waals surface area contributed by atoms with Gasteiger partial charge >= 0.3 is 5.69 Å². The number of carbonyl (C=O) groups is 2. The minimum Gasteiger partial charge on any atom is -0.365 e. The molecule has 1 aromatic heterocycles. The number of thiophene rings is 1. The van der Waals surface area contributed by atoms with Crippen LogP contribution in [0, 0.1) is 11.8 Å². The van der Waals surface area contributed by atoms with Crippen molar-refractivity contribution >= 4 is 33.8 Å². The Morgan fingerprint density at radius 3 is 2.63 bits per heavy atom. The number of benzene rings is 1. The van der Waals surface area contributed by atoms with Crippen molar-refractivity contribution in [2.45, 2.75) is 39.0 Å². The van der Waals surface area contributed by atoms with Gasteiger partial charge in [0.2, 0.25) is 0 Å². The number of carbonyl (C=O) groups excluding carboxylic acids is 2. The number of hydrogen-bond donors (Lipinski definition) is 2. The van der Waals surface area contributed by atoms with Crippen LogP contribution in [-0.2, 0) is 17.7 Å². The van der Waals surface area contributed by atoms with E-state index in [2.05, 4.69) is 10.2 Å². The molecule has 3 N–H and O–H groups in total. The number of anilines is 1. The van der Waals surface area contributed by atoms with Crippen molar-refractivity contribution < 1.29 is 19.3 Å². The molecule has 0 spiro atoms. The standard InChI is InChI=1S/C19H21N3O4S/c1-11-10-12(8-9-14(11)22(25)26-2)18(24)21-19-16(17(20)23)13-6-4-3-5-7-15(13)27-19/h8-10H,3-7H2,1-2H3,(H2-,20,21,23,24)/p+1. The molecule has 2 amide bonds. The first-order valence-electron chi connectivity index (χ1n) is 8.80. The number of rotatable bonds is 5. The highest BCUT2D eigenvalue weighted by Crippen LogP contribution is 2.37. The molecule has 2 aromatic rings. The fraction of sp³-hybridized carbons (Fsp3) is 0.368. The molecule has 7 nitrogen and oxygen atoms in total. The summed E-state index contributed by atoms with van der Waals surface area (Å²) in [5.74, 6) is -0.864. The van der Waals surface area contributed by atoms with E-state index >= 15 is 0 Å². The van der Waals surface area contributed by atoms with Gasteiger partial charge in [0.05, 0.1) is 10.5 Å². The van der Waals surface area contributed by atoms with Crippen molar-refractivity contribution in [1.82, 2.24) is 0 Å². The number of amides is 2. The predicted octanol–water partition coefficient (Wildman–Crippen LogP) is 3.65. The second kappa shape index (κ2) is 7.87. The third kappa shape index (κ3) is 3.85. The molecule has 1 aliphatic carbocycles. The van der Waals surface area contributed by atoms with Crippen molar-refractivity contribution in [3.05, 3.63) is 50.2 Å². The van der Waals surface area contributed by atoms with Crippen LogP contribution in [0.4, 0.5) is 10.7 Å². The number of nitrogens with two attached hydrogens (primary N) is 1. The summed E-state index contributed by atoms with van der Waals surface area (Å²) < 4.78 is 0. The van der Waals surface area contributed by atoms with Crippen LogP contribution in [-0.4, -0.2) is 23.8 Å². The topological polar surface area (TPSA) is 102 Å². The van der Waals surface area contributed by atoms with Gasteiger partial charge in [0.25, 0.3) is 16.7 Å². The molecule has 0 saturated carbocycles. The molecule has 27 heavy (non-hydrogen) atoms. The highest BCUT2D eigenvalue weighted by molar-refractivity contribution is 7.17. The maximum atomic E-state index is 12.7. The number of nitrogens with zero attached hydrogens (tertiary/aromatic N) is 1. The third-order valence-electron chi connectivity index (χ3n) is 4.72. The minimum atomic E-state index is -0.515. The minimum absolute atomic E-state index is 0.328. The van der Waals surface area contributed by atoms with Crippen molar-refractivity contribution in [3.63, 3.8) is 0 Å². The summed E-state index contributed by atoms with van der Waals surface area (Å²) in [4.78, 5) is 42.5. The number of hydrogen-bond acceptors (Lipinski definition) is 5. The molecule has 3 rings (SSSR count). The average Bonchev–Trinajstić information content (AvgIpc) is 2.81. The molecule has 0 radical (unpaired) electrons. The normalized spacial score (nSPS) is 13.4. The maximum Gasteiger partial charge on any atom is 0.319 e. The zero-order chi connectivity index (χ0) is 19.6. The number of nitrogens with one attached hydrogen (secondary N) is 1. The first kappa shape index (κ1) is 19.0. The van der Waals surface area contributed by atoms with Gasteiger partial charge in [-0.1, -0.05) is 6.42 Å². The van der Waals surface area contributed by atoms with E-state index in [9.17, 15) is 14.5 Å². The molecule has 0 bridgehead atoms. The van der Waals surface area contributed by atoms with Gasteiger partial charge in [-0.05, 0) is 50.3 Å². The zero-order valence-corrected chi connectivity index (χ0v) is 16.1. The molecule has 8 heteroatoms. The van der Waals surface area contributed by atoms with Gasteiger partial charge in [0.15, 0.2) is 7.11 Å². The lowest BCUT2D eigenvalue weighted by atomic mass is 10.0. The molecule has 0 aliphatic heterocycles. The zero-order valence-electron chi connectivity index (χ0n) is 15.3. The lowest BCUT2D eigenvalue weighted by Gasteiger charge is -2.07. The van der Waals surface area contributed by atoms with E-state index in [0.29, 0.717) is 32.3 Å². The number of aryl methyl sites for hydroxylation is 2. The average molecular weight is 388 g/mol. The van der Waals surface area contributed by atoms with Gasteiger partial charge in [0.1, 0.15) is 5.00 Å². The molecule has 1 aromatic carbocycles. The Morgan fingerprint density at radius 2 is 1.96 bits per heavy atom. The smallest absolute Gasteiger partial charge is 0.319 e. The Bertz CT molecular complexity index is 920. The van der Waals surface area contributed by atoms with Gasteiger partial charge in [0, 0.05) is 22.1 Å². The first-order chi connectivity index (χ1) is 12.9. The van der Waals surface area contributed by atoms with Crippen molar-refractivity contribution in [3.8, 4) is 0 Å². The van der Waals surface area contributed by atoms with Crippen LogP contribution in [0.15, 0.2) is 18.2 Å². The van der Waals surface area contributed by atoms with Gasteiger partial charge in [-0.2, -0.15) is 0 Å². The summed E-state index contributed by atoms with van der Waals surface area (Å²) >= 11 is 1.43. The number of fused-ring (bicyclic) bond motifs is 1. The SMILES string of the molecule is CO[N+](=O)c1ccc(C(=O)Nc2sc3c(c2C(N)=O)CCCCC3)cc1C. The quantitative estimate of drug-likeness (QED) is 0.603. The highest BCUT2D eigenvalue weighted by atomic mass is 32.1.